The molecule has 2 heterocycles. The summed E-state index contributed by atoms with van der Waals surface area (Å²) in [5.74, 6) is 1.20. The molecule has 0 spiro atoms. The zero-order valence-corrected chi connectivity index (χ0v) is 13.0. The molecule has 0 N–H and O–H groups in total. The molecule has 1 amide bonds. The number of hydrogen-bond acceptors (Lipinski definition) is 6. The van der Waals surface area contributed by atoms with E-state index in [1.165, 1.54) is 0 Å². The van der Waals surface area contributed by atoms with Crippen LogP contribution in [-0.2, 0) is 4.79 Å². The van der Waals surface area contributed by atoms with Crippen molar-refractivity contribution >= 4 is 17.6 Å². The monoisotopic (exact) mass is 319 g/mol. The van der Waals surface area contributed by atoms with Crippen LogP contribution in [0.25, 0.3) is 0 Å². The number of amides is 1. The first-order valence-electron chi connectivity index (χ1n) is 7.17. The SMILES string of the molecule is CC(Oc1ccccc1)C(=O)N1CCC(Oc2cnsn2)C1. The van der Waals surface area contributed by atoms with Gasteiger partial charge in [0.2, 0.25) is 5.88 Å². The van der Waals surface area contributed by atoms with E-state index in [-0.39, 0.29) is 12.0 Å². The second-order valence-corrected chi connectivity index (χ2v) is 5.69. The Kier molecular flexibility index (Phi) is 4.53. The Morgan fingerprint density at radius 1 is 1.41 bits per heavy atom. The summed E-state index contributed by atoms with van der Waals surface area (Å²) >= 11 is 1.11. The maximum absolute atomic E-state index is 12.4. The molecule has 1 aromatic heterocycles. The first-order valence-corrected chi connectivity index (χ1v) is 7.90. The molecule has 6 nitrogen and oxygen atoms in total. The van der Waals surface area contributed by atoms with Crippen LogP contribution in [-0.4, -0.2) is 44.9 Å². The Morgan fingerprint density at radius 3 is 2.95 bits per heavy atom. The van der Waals surface area contributed by atoms with Crippen LogP contribution in [0.3, 0.4) is 0 Å². The van der Waals surface area contributed by atoms with Crippen LogP contribution in [0.15, 0.2) is 36.5 Å². The van der Waals surface area contributed by atoms with Gasteiger partial charge in [0.1, 0.15) is 18.1 Å². The van der Waals surface area contributed by atoms with Gasteiger partial charge in [0.05, 0.1) is 18.3 Å². The average molecular weight is 319 g/mol. The molecule has 1 aliphatic rings. The molecule has 1 aromatic carbocycles. The molecule has 0 bridgehead atoms. The van der Waals surface area contributed by atoms with Gasteiger partial charge in [-0.05, 0) is 19.1 Å². The van der Waals surface area contributed by atoms with Crippen LogP contribution in [0.2, 0.25) is 0 Å². The van der Waals surface area contributed by atoms with Gasteiger partial charge in [0, 0.05) is 13.0 Å². The van der Waals surface area contributed by atoms with Crippen molar-refractivity contribution in [3.63, 3.8) is 0 Å². The molecule has 1 fully saturated rings. The zero-order valence-electron chi connectivity index (χ0n) is 12.2. The van der Waals surface area contributed by atoms with Gasteiger partial charge in [-0.25, -0.2) is 0 Å². The van der Waals surface area contributed by atoms with Crippen LogP contribution in [0.5, 0.6) is 11.6 Å². The average Bonchev–Trinajstić information content (AvgIpc) is 3.20. The van der Waals surface area contributed by atoms with E-state index in [1.807, 2.05) is 30.3 Å². The number of carbonyl (C=O) groups excluding carboxylic acids is 1. The molecule has 2 aromatic rings. The summed E-state index contributed by atoms with van der Waals surface area (Å²) in [4.78, 5) is 14.2. The molecule has 22 heavy (non-hydrogen) atoms. The number of para-hydroxylation sites is 1. The summed E-state index contributed by atoms with van der Waals surface area (Å²) in [5.41, 5.74) is 0. The van der Waals surface area contributed by atoms with E-state index in [0.29, 0.717) is 24.7 Å². The predicted molar refractivity (Wildman–Crippen MR) is 82.1 cm³/mol. The Hall–Kier alpha value is -2.15. The first kappa shape index (κ1) is 14.8. The molecule has 0 saturated carbocycles. The minimum Gasteiger partial charge on any atom is -0.481 e. The highest BCUT2D eigenvalue weighted by molar-refractivity contribution is 6.99. The highest BCUT2D eigenvalue weighted by atomic mass is 32.1. The number of carbonyl (C=O) groups is 1. The molecule has 1 saturated heterocycles. The molecule has 2 unspecified atom stereocenters. The van der Waals surface area contributed by atoms with E-state index in [0.717, 1.165) is 18.1 Å². The van der Waals surface area contributed by atoms with Crippen LogP contribution in [0, 0.1) is 0 Å². The van der Waals surface area contributed by atoms with Crippen molar-refractivity contribution in [1.29, 1.82) is 0 Å². The van der Waals surface area contributed by atoms with Gasteiger partial charge < -0.3 is 14.4 Å². The molecule has 0 aliphatic carbocycles. The van der Waals surface area contributed by atoms with E-state index in [4.69, 9.17) is 9.47 Å². The summed E-state index contributed by atoms with van der Waals surface area (Å²) in [6.07, 6.45) is 1.84. The fraction of sp³-hybridized carbons (Fsp3) is 0.400. The van der Waals surface area contributed by atoms with Crippen LogP contribution in [0.4, 0.5) is 0 Å². The van der Waals surface area contributed by atoms with Crippen molar-refractivity contribution in [1.82, 2.24) is 13.6 Å². The second kappa shape index (κ2) is 6.74. The zero-order chi connectivity index (χ0) is 15.4. The maximum atomic E-state index is 12.4. The molecule has 7 heteroatoms. The minimum absolute atomic E-state index is 0.0219. The lowest BCUT2D eigenvalue weighted by molar-refractivity contribution is -0.137. The van der Waals surface area contributed by atoms with E-state index in [9.17, 15) is 4.79 Å². The molecule has 0 radical (unpaired) electrons. The normalized spacial score (nSPS) is 19.0. The van der Waals surface area contributed by atoms with Crippen molar-refractivity contribution in [2.75, 3.05) is 13.1 Å². The van der Waals surface area contributed by atoms with Crippen molar-refractivity contribution in [3.8, 4) is 11.6 Å². The van der Waals surface area contributed by atoms with Gasteiger partial charge in [-0.15, -0.1) is 4.37 Å². The number of benzene rings is 1. The van der Waals surface area contributed by atoms with E-state index < -0.39 is 6.10 Å². The summed E-state index contributed by atoms with van der Waals surface area (Å²) < 4.78 is 19.3. The van der Waals surface area contributed by atoms with Gasteiger partial charge in [-0.3, -0.25) is 4.79 Å². The Morgan fingerprint density at radius 2 is 2.23 bits per heavy atom. The Labute approximate surface area is 133 Å². The molecular weight excluding hydrogens is 302 g/mol. The summed E-state index contributed by atoms with van der Waals surface area (Å²) in [5, 5.41) is 0. The third-order valence-electron chi connectivity index (χ3n) is 3.49. The third-order valence-corrected chi connectivity index (χ3v) is 3.95. The van der Waals surface area contributed by atoms with Crippen LogP contribution < -0.4 is 9.47 Å². The lowest BCUT2D eigenvalue weighted by atomic mass is 10.3. The maximum Gasteiger partial charge on any atom is 0.263 e. The number of rotatable bonds is 5. The van der Waals surface area contributed by atoms with Gasteiger partial charge >= 0.3 is 0 Å². The van der Waals surface area contributed by atoms with E-state index >= 15 is 0 Å². The molecule has 3 rings (SSSR count). The van der Waals surface area contributed by atoms with Crippen molar-refractivity contribution in [3.05, 3.63) is 36.5 Å². The fourth-order valence-electron chi connectivity index (χ4n) is 2.41. The van der Waals surface area contributed by atoms with Crippen molar-refractivity contribution in [2.45, 2.75) is 25.6 Å². The number of ether oxygens (including phenoxy) is 2. The molecule has 2 atom stereocenters. The fourth-order valence-corrected chi connectivity index (χ4v) is 2.77. The van der Waals surface area contributed by atoms with Gasteiger partial charge in [0.25, 0.3) is 5.91 Å². The third kappa shape index (κ3) is 3.54. The topological polar surface area (TPSA) is 64.5 Å². The summed E-state index contributed by atoms with van der Waals surface area (Å²) in [6.45, 7) is 3.00. The Bertz CT molecular complexity index is 606. The highest BCUT2D eigenvalue weighted by Gasteiger charge is 2.31. The molecule has 1 aliphatic heterocycles. The first-order chi connectivity index (χ1) is 10.7. The van der Waals surface area contributed by atoms with Crippen molar-refractivity contribution in [2.24, 2.45) is 0 Å². The smallest absolute Gasteiger partial charge is 0.263 e. The van der Waals surface area contributed by atoms with Gasteiger partial charge in [-0.2, -0.15) is 4.37 Å². The largest absolute Gasteiger partial charge is 0.481 e. The van der Waals surface area contributed by atoms with E-state index in [1.54, 1.807) is 18.0 Å². The number of hydrogen-bond donors (Lipinski definition) is 0. The lowest BCUT2D eigenvalue weighted by Crippen LogP contribution is -2.40. The quantitative estimate of drug-likeness (QED) is 0.843. The second-order valence-electron chi connectivity index (χ2n) is 5.13. The summed E-state index contributed by atoms with van der Waals surface area (Å²) in [6, 6.07) is 9.36. The lowest BCUT2D eigenvalue weighted by Gasteiger charge is -2.21. The summed E-state index contributed by atoms with van der Waals surface area (Å²) in [7, 11) is 0. The van der Waals surface area contributed by atoms with Crippen molar-refractivity contribution < 1.29 is 14.3 Å². The predicted octanol–water partition coefficient (Wildman–Crippen LogP) is 1.99. The number of likely N-dealkylation sites (tertiary alicyclic amines) is 1. The minimum atomic E-state index is -0.512. The molecular formula is C15H17N3O3S. The number of aromatic nitrogens is 2. The van der Waals surface area contributed by atoms with Crippen LogP contribution in [0.1, 0.15) is 13.3 Å². The standard InChI is InChI=1S/C15H17N3O3S/c1-11(20-12-5-3-2-4-6-12)15(19)18-8-7-13(10-18)21-14-9-16-22-17-14/h2-6,9,11,13H,7-8,10H2,1H3. The Balaban J connectivity index is 1.52. The molecule has 116 valence electrons. The van der Waals surface area contributed by atoms with Gasteiger partial charge in [0.15, 0.2) is 6.10 Å². The number of nitrogens with zero attached hydrogens (tertiary/aromatic N) is 3. The highest BCUT2D eigenvalue weighted by Crippen LogP contribution is 2.19. The van der Waals surface area contributed by atoms with E-state index in [2.05, 4.69) is 8.75 Å². The van der Waals surface area contributed by atoms with Gasteiger partial charge in [-0.1, -0.05) is 18.2 Å². The van der Waals surface area contributed by atoms with Crippen LogP contribution >= 0.6 is 11.7 Å².